The van der Waals surface area contributed by atoms with Crippen molar-refractivity contribution in [2.24, 2.45) is 0 Å². The van der Waals surface area contributed by atoms with Gasteiger partial charge in [0.15, 0.2) is 0 Å². The lowest BCUT2D eigenvalue weighted by molar-refractivity contribution is -0.140. The monoisotopic (exact) mass is 313 g/mol. The fraction of sp³-hybridized carbons (Fsp3) is 0.875. The number of hydrogen-bond acceptors (Lipinski definition) is 4. The van der Waals surface area contributed by atoms with Gasteiger partial charge in [-0.15, -0.1) is 0 Å². The highest BCUT2D eigenvalue weighted by molar-refractivity contribution is 5.76. The van der Waals surface area contributed by atoms with Gasteiger partial charge >= 0.3 is 5.97 Å². The fourth-order valence-corrected chi connectivity index (χ4v) is 3.21. The minimum Gasteiger partial charge on any atom is -0.481 e. The summed E-state index contributed by atoms with van der Waals surface area (Å²) in [5, 5.41) is 8.81. The second-order valence-corrected chi connectivity index (χ2v) is 6.13. The highest BCUT2D eigenvalue weighted by Crippen LogP contribution is 2.21. The third-order valence-corrected chi connectivity index (χ3v) is 4.43. The number of piperidine rings is 1. The first-order valence-corrected chi connectivity index (χ1v) is 8.37. The van der Waals surface area contributed by atoms with E-state index >= 15 is 0 Å². The normalized spacial score (nSPS) is 25.4. The molecule has 6 nitrogen and oxygen atoms in total. The van der Waals surface area contributed by atoms with E-state index in [-0.39, 0.29) is 24.5 Å². The van der Waals surface area contributed by atoms with Crippen molar-refractivity contribution in [2.75, 3.05) is 26.4 Å². The Bertz CT molecular complexity index is 368. The van der Waals surface area contributed by atoms with Gasteiger partial charge in [0.05, 0.1) is 25.7 Å². The number of likely N-dealkylation sites (tertiary alicyclic amines) is 1. The molecule has 1 N–H and O–H groups in total. The maximum absolute atomic E-state index is 12.3. The van der Waals surface area contributed by atoms with Crippen LogP contribution in [-0.4, -0.2) is 60.4 Å². The molecule has 2 fully saturated rings. The predicted octanol–water partition coefficient (Wildman–Crippen LogP) is 1.82. The van der Waals surface area contributed by atoms with Crippen molar-refractivity contribution >= 4 is 11.9 Å². The molecule has 2 aliphatic rings. The highest BCUT2D eigenvalue weighted by atomic mass is 16.5. The number of ether oxygens (including phenoxy) is 2. The highest BCUT2D eigenvalue weighted by Gasteiger charge is 2.26. The Kier molecular flexibility index (Phi) is 7.12. The second-order valence-electron chi connectivity index (χ2n) is 6.13. The molecule has 0 aromatic rings. The number of carboxylic acids is 1. The standard InChI is InChI=1S/C16H27NO5/c18-15(8-11-21-12-14-5-3-10-22-14)17-9-2-1-4-13(17)6-7-16(19)20/h13-14H,1-12H2,(H,19,20). The molecule has 22 heavy (non-hydrogen) atoms. The van der Waals surface area contributed by atoms with Gasteiger partial charge in [-0.1, -0.05) is 0 Å². The maximum atomic E-state index is 12.3. The molecule has 0 spiro atoms. The molecule has 2 unspecified atom stereocenters. The van der Waals surface area contributed by atoms with Crippen LogP contribution in [0.25, 0.3) is 0 Å². The number of nitrogens with zero attached hydrogens (tertiary/aromatic N) is 1. The van der Waals surface area contributed by atoms with E-state index in [2.05, 4.69) is 0 Å². The van der Waals surface area contributed by atoms with E-state index in [0.29, 0.717) is 26.1 Å². The van der Waals surface area contributed by atoms with Crippen molar-refractivity contribution in [1.29, 1.82) is 0 Å². The number of hydrogen-bond donors (Lipinski definition) is 1. The quantitative estimate of drug-likeness (QED) is 0.692. The molecule has 0 aromatic heterocycles. The van der Waals surface area contributed by atoms with E-state index in [1.165, 1.54) is 0 Å². The van der Waals surface area contributed by atoms with E-state index < -0.39 is 5.97 Å². The summed E-state index contributed by atoms with van der Waals surface area (Å²) < 4.78 is 11.0. The Morgan fingerprint density at radius 3 is 2.77 bits per heavy atom. The first kappa shape index (κ1) is 17.2. The molecule has 6 heteroatoms. The van der Waals surface area contributed by atoms with Gasteiger partial charge in [0.25, 0.3) is 0 Å². The molecule has 2 rings (SSSR count). The first-order chi connectivity index (χ1) is 10.7. The van der Waals surface area contributed by atoms with Gasteiger partial charge in [-0.2, -0.15) is 0 Å². The summed E-state index contributed by atoms with van der Waals surface area (Å²) in [5.74, 6) is -0.708. The molecule has 1 amide bonds. The lowest BCUT2D eigenvalue weighted by atomic mass is 9.97. The molecule has 0 aromatic carbocycles. The minimum absolute atomic E-state index is 0.0792. The number of aliphatic carboxylic acids is 1. The lowest BCUT2D eigenvalue weighted by Gasteiger charge is -2.35. The number of amides is 1. The largest absolute Gasteiger partial charge is 0.481 e. The summed E-state index contributed by atoms with van der Waals surface area (Å²) in [6.45, 7) is 2.54. The van der Waals surface area contributed by atoms with Crippen LogP contribution >= 0.6 is 0 Å². The van der Waals surface area contributed by atoms with Crippen LogP contribution in [0.1, 0.15) is 51.4 Å². The SMILES string of the molecule is O=C(O)CCC1CCCCN1C(=O)CCOCC1CCCO1. The lowest BCUT2D eigenvalue weighted by Crippen LogP contribution is -2.44. The Morgan fingerprint density at radius 1 is 1.18 bits per heavy atom. The summed E-state index contributed by atoms with van der Waals surface area (Å²) in [4.78, 5) is 24.9. The van der Waals surface area contributed by atoms with Crippen LogP contribution in [0.3, 0.4) is 0 Å². The molecule has 0 bridgehead atoms. The van der Waals surface area contributed by atoms with E-state index in [1.807, 2.05) is 4.90 Å². The van der Waals surface area contributed by atoms with Gasteiger partial charge in [0.1, 0.15) is 0 Å². The van der Waals surface area contributed by atoms with Crippen molar-refractivity contribution in [3.63, 3.8) is 0 Å². The average molecular weight is 313 g/mol. The van der Waals surface area contributed by atoms with Crippen LogP contribution in [0.5, 0.6) is 0 Å². The maximum Gasteiger partial charge on any atom is 0.303 e. The number of carbonyl (C=O) groups excluding carboxylic acids is 1. The number of carboxylic acid groups (broad SMARTS) is 1. The summed E-state index contributed by atoms with van der Waals surface area (Å²) in [7, 11) is 0. The summed E-state index contributed by atoms with van der Waals surface area (Å²) >= 11 is 0. The summed E-state index contributed by atoms with van der Waals surface area (Å²) in [6, 6.07) is 0.0792. The second kappa shape index (κ2) is 9.10. The Labute approximate surface area is 131 Å². The molecule has 2 aliphatic heterocycles. The zero-order valence-corrected chi connectivity index (χ0v) is 13.2. The minimum atomic E-state index is -0.794. The van der Waals surface area contributed by atoms with Crippen molar-refractivity contribution in [3.8, 4) is 0 Å². The summed E-state index contributed by atoms with van der Waals surface area (Å²) in [6.07, 6.45) is 6.36. The third-order valence-electron chi connectivity index (χ3n) is 4.43. The van der Waals surface area contributed by atoms with Crippen molar-refractivity contribution in [3.05, 3.63) is 0 Å². The van der Waals surface area contributed by atoms with Gasteiger partial charge in [-0.05, 0) is 38.5 Å². The van der Waals surface area contributed by atoms with Crippen LogP contribution in [0.15, 0.2) is 0 Å². The molecule has 0 saturated carbocycles. The van der Waals surface area contributed by atoms with Gasteiger partial charge < -0.3 is 19.5 Å². The van der Waals surface area contributed by atoms with E-state index in [0.717, 1.165) is 45.3 Å². The topological polar surface area (TPSA) is 76.1 Å². The van der Waals surface area contributed by atoms with E-state index in [4.69, 9.17) is 14.6 Å². The van der Waals surface area contributed by atoms with Crippen LogP contribution in [-0.2, 0) is 19.1 Å². The fourth-order valence-electron chi connectivity index (χ4n) is 3.21. The zero-order chi connectivity index (χ0) is 15.8. The molecular formula is C16H27NO5. The van der Waals surface area contributed by atoms with E-state index in [1.54, 1.807) is 0 Å². The summed E-state index contributed by atoms with van der Waals surface area (Å²) in [5.41, 5.74) is 0. The number of rotatable bonds is 8. The molecule has 2 saturated heterocycles. The molecule has 2 atom stereocenters. The van der Waals surface area contributed by atoms with Crippen LogP contribution in [0.4, 0.5) is 0 Å². The van der Waals surface area contributed by atoms with E-state index in [9.17, 15) is 9.59 Å². The Balaban J connectivity index is 1.67. The molecule has 2 heterocycles. The first-order valence-electron chi connectivity index (χ1n) is 8.37. The average Bonchev–Trinajstić information content (AvgIpc) is 3.03. The molecular weight excluding hydrogens is 286 g/mol. The third kappa shape index (κ3) is 5.57. The molecule has 0 radical (unpaired) electrons. The molecule has 0 aliphatic carbocycles. The smallest absolute Gasteiger partial charge is 0.303 e. The predicted molar refractivity (Wildman–Crippen MR) is 80.6 cm³/mol. The molecule has 126 valence electrons. The Morgan fingerprint density at radius 2 is 2.05 bits per heavy atom. The van der Waals surface area contributed by atoms with Crippen molar-refractivity contribution < 1.29 is 24.2 Å². The van der Waals surface area contributed by atoms with Crippen LogP contribution in [0.2, 0.25) is 0 Å². The van der Waals surface area contributed by atoms with Gasteiger partial charge in [-0.25, -0.2) is 0 Å². The number of carbonyl (C=O) groups is 2. The van der Waals surface area contributed by atoms with Crippen LogP contribution < -0.4 is 0 Å². The van der Waals surface area contributed by atoms with Gasteiger partial charge in [0.2, 0.25) is 5.91 Å². The van der Waals surface area contributed by atoms with Crippen molar-refractivity contribution in [1.82, 2.24) is 4.90 Å². The van der Waals surface area contributed by atoms with Crippen molar-refractivity contribution in [2.45, 2.75) is 63.5 Å². The van der Waals surface area contributed by atoms with Gasteiger partial charge in [0, 0.05) is 25.6 Å². The Hall–Kier alpha value is -1.14. The van der Waals surface area contributed by atoms with Gasteiger partial charge in [-0.3, -0.25) is 9.59 Å². The van der Waals surface area contributed by atoms with Crippen LogP contribution in [0, 0.1) is 0 Å². The zero-order valence-electron chi connectivity index (χ0n) is 13.2.